The van der Waals surface area contributed by atoms with Gasteiger partial charge in [0.2, 0.25) is 0 Å². The number of amides is 2. The van der Waals surface area contributed by atoms with Gasteiger partial charge in [-0.1, -0.05) is 60.7 Å². The molecule has 228 valence electrons. The van der Waals surface area contributed by atoms with Crippen LogP contribution in [0.4, 0.5) is 4.79 Å². The normalized spacial score (nSPS) is 21.6. The quantitative estimate of drug-likeness (QED) is 0.346. The number of piperazine rings is 1. The topological polar surface area (TPSA) is 70.9 Å². The number of imidazole rings is 1. The van der Waals surface area contributed by atoms with E-state index in [1.165, 1.54) is 19.4 Å². The van der Waals surface area contributed by atoms with Gasteiger partial charge in [0, 0.05) is 44.3 Å². The number of carbonyl (C=O) groups is 2. The molecule has 1 saturated carbocycles. The van der Waals surface area contributed by atoms with Crippen molar-refractivity contribution >= 4 is 12.0 Å². The third-order valence-corrected chi connectivity index (χ3v) is 8.84. The van der Waals surface area contributed by atoms with Gasteiger partial charge in [-0.3, -0.25) is 4.79 Å². The van der Waals surface area contributed by atoms with Crippen LogP contribution < -0.4 is 0 Å². The zero-order valence-electron chi connectivity index (χ0n) is 25.8. The summed E-state index contributed by atoms with van der Waals surface area (Å²) in [6, 6.07) is 20.5. The summed E-state index contributed by atoms with van der Waals surface area (Å²) in [5.74, 6) is 0.779. The van der Waals surface area contributed by atoms with E-state index in [4.69, 9.17) is 9.72 Å². The number of rotatable bonds is 7. The molecule has 3 aliphatic rings. The van der Waals surface area contributed by atoms with Crippen molar-refractivity contribution in [2.24, 2.45) is 5.92 Å². The molecule has 2 saturated heterocycles. The van der Waals surface area contributed by atoms with Crippen LogP contribution in [0.2, 0.25) is 0 Å². The lowest BCUT2D eigenvalue weighted by atomic mass is 10.0. The number of piperidine rings is 1. The van der Waals surface area contributed by atoms with Gasteiger partial charge in [0.05, 0.1) is 18.1 Å². The van der Waals surface area contributed by atoms with Gasteiger partial charge in [-0.05, 0) is 70.9 Å². The Balaban J connectivity index is 1.30. The van der Waals surface area contributed by atoms with Crippen molar-refractivity contribution < 1.29 is 14.3 Å². The molecule has 8 nitrogen and oxygen atoms in total. The Bertz CT molecular complexity index is 1400. The summed E-state index contributed by atoms with van der Waals surface area (Å²) in [6.07, 6.45) is 7.14. The molecule has 2 aliphatic heterocycles. The zero-order valence-corrected chi connectivity index (χ0v) is 25.8. The highest BCUT2D eigenvalue weighted by Gasteiger charge is 2.37. The standard InChI is InChI=1S/C35H45N5O3/c1-35(2,3)43-34(42)38-19-20-39(30(24-38)21-26-11-6-4-7-12-26)33(41)31-32(28-13-8-5-9-14-28)40(25-36-31)29-15-10-18-37(23-29)22-27-16-17-27/h4-9,11-14,25,27,29-30H,10,15-24H2,1-3H3/t29?,30-/m1/s1. The van der Waals surface area contributed by atoms with Crippen molar-refractivity contribution in [3.05, 3.63) is 78.2 Å². The number of benzene rings is 2. The molecule has 0 bridgehead atoms. The van der Waals surface area contributed by atoms with Crippen molar-refractivity contribution in [2.75, 3.05) is 39.3 Å². The molecule has 2 amide bonds. The Morgan fingerprint density at radius 1 is 0.907 bits per heavy atom. The Kier molecular flexibility index (Phi) is 8.57. The fourth-order valence-corrected chi connectivity index (χ4v) is 6.58. The minimum Gasteiger partial charge on any atom is -0.444 e. The van der Waals surface area contributed by atoms with Crippen LogP contribution in [0.15, 0.2) is 67.0 Å². The van der Waals surface area contributed by atoms with E-state index in [2.05, 4.69) is 33.7 Å². The Hall–Kier alpha value is -3.65. The van der Waals surface area contributed by atoms with Crippen LogP contribution in [0, 0.1) is 5.92 Å². The van der Waals surface area contributed by atoms with Crippen LogP contribution in [-0.4, -0.2) is 87.2 Å². The molecular formula is C35H45N5O3. The van der Waals surface area contributed by atoms with Gasteiger partial charge in [0.25, 0.3) is 5.91 Å². The van der Waals surface area contributed by atoms with Gasteiger partial charge < -0.3 is 24.0 Å². The second-order valence-corrected chi connectivity index (χ2v) is 13.5. The molecule has 3 aromatic rings. The summed E-state index contributed by atoms with van der Waals surface area (Å²) in [6.45, 7) is 10.2. The summed E-state index contributed by atoms with van der Waals surface area (Å²) >= 11 is 0. The first-order valence-corrected chi connectivity index (χ1v) is 15.9. The fourth-order valence-electron chi connectivity index (χ4n) is 6.58. The molecule has 3 fully saturated rings. The molecule has 43 heavy (non-hydrogen) atoms. The highest BCUT2D eigenvalue weighted by atomic mass is 16.6. The molecule has 6 rings (SSSR count). The van der Waals surface area contributed by atoms with Crippen molar-refractivity contribution in [3.8, 4) is 11.3 Å². The van der Waals surface area contributed by atoms with Gasteiger partial charge in [-0.15, -0.1) is 0 Å². The molecule has 2 atom stereocenters. The second-order valence-electron chi connectivity index (χ2n) is 13.5. The van der Waals surface area contributed by atoms with Crippen LogP contribution in [0.1, 0.15) is 68.5 Å². The van der Waals surface area contributed by atoms with E-state index in [0.717, 1.165) is 48.7 Å². The van der Waals surface area contributed by atoms with E-state index in [9.17, 15) is 9.59 Å². The predicted molar refractivity (Wildman–Crippen MR) is 168 cm³/mol. The number of hydrogen-bond donors (Lipinski definition) is 0. The molecular weight excluding hydrogens is 538 g/mol. The van der Waals surface area contributed by atoms with E-state index in [1.807, 2.05) is 68.4 Å². The van der Waals surface area contributed by atoms with Crippen molar-refractivity contribution in [1.29, 1.82) is 0 Å². The summed E-state index contributed by atoms with van der Waals surface area (Å²) in [4.78, 5) is 38.7. The summed E-state index contributed by atoms with van der Waals surface area (Å²) < 4.78 is 7.97. The predicted octanol–water partition coefficient (Wildman–Crippen LogP) is 5.90. The number of likely N-dealkylation sites (tertiary alicyclic amines) is 1. The van der Waals surface area contributed by atoms with E-state index in [0.29, 0.717) is 31.7 Å². The lowest BCUT2D eigenvalue weighted by molar-refractivity contribution is 0.00429. The van der Waals surface area contributed by atoms with Gasteiger partial charge in [-0.2, -0.15) is 0 Å². The van der Waals surface area contributed by atoms with Gasteiger partial charge in [0.1, 0.15) is 5.60 Å². The third-order valence-electron chi connectivity index (χ3n) is 8.84. The van der Waals surface area contributed by atoms with Crippen molar-refractivity contribution in [2.45, 2.75) is 70.6 Å². The maximum Gasteiger partial charge on any atom is 0.410 e. The fraction of sp³-hybridized carbons (Fsp3) is 0.514. The SMILES string of the molecule is CC(C)(C)OC(=O)N1CCN(C(=O)c2ncn(C3CCCN(CC4CC4)C3)c2-c2ccccc2)[C@H](Cc2ccccc2)C1. The molecule has 1 aliphatic carbocycles. The number of hydrogen-bond acceptors (Lipinski definition) is 5. The molecule has 8 heteroatoms. The summed E-state index contributed by atoms with van der Waals surface area (Å²) in [5, 5.41) is 0. The second kappa shape index (κ2) is 12.5. The maximum absolute atomic E-state index is 14.5. The average Bonchev–Trinajstić information content (AvgIpc) is 3.70. The first-order chi connectivity index (χ1) is 20.7. The number of ether oxygens (including phenoxy) is 1. The van der Waals surface area contributed by atoms with E-state index < -0.39 is 5.60 Å². The van der Waals surface area contributed by atoms with E-state index >= 15 is 0 Å². The molecule has 0 spiro atoms. The van der Waals surface area contributed by atoms with E-state index in [1.54, 1.807) is 4.90 Å². The van der Waals surface area contributed by atoms with Gasteiger partial charge in [0.15, 0.2) is 5.69 Å². The van der Waals surface area contributed by atoms with Crippen LogP contribution in [0.5, 0.6) is 0 Å². The third kappa shape index (κ3) is 7.12. The monoisotopic (exact) mass is 583 g/mol. The minimum absolute atomic E-state index is 0.0759. The Morgan fingerprint density at radius 2 is 1.63 bits per heavy atom. The lowest BCUT2D eigenvalue weighted by Gasteiger charge is -2.41. The first-order valence-electron chi connectivity index (χ1n) is 15.9. The van der Waals surface area contributed by atoms with Crippen LogP contribution in [0.3, 0.4) is 0 Å². The number of aromatic nitrogens is 2. The van der Waals surface area contributed by atoms with Crippen LogP contribution in [-0.2, 0) is 11.2 Å². The highest BCUT2D eigenvalue weighted by molar-refractivity contribution is 5.98. The largest absolute Gasteiger partial charge is 0.444 e. The Morgan fingerprint density at radius 3 is 2.33 bits per heavy atom. The molecule has 0 radical (unpaired) electrons. The van der Waals surface area contributed by atoms with E-state index in [-0.39, 0.29) is 24.1 Å². The Labute approximate surface area is 255 Å². The molecule has 0 N–H and O–H groups in total. The minimum atomic E-state index is -0.580. The molecule has 2 aromatic carbocycles. The zero-order chi connectivity index (χ0) is 30.0. The molecule has 3 heterocycles. The van der Waals surface area contributed by atoms with Crippen molar-refractivity contribution in [3.63, 3.8) is 0 Å². The van der Waals surface area contributed by atoms with Gasteiger partial charge in [-0.25, -0.2) is 9.78 Å². The maximum atomic E-state index is 14.5. The lowest BCUT2D eigenvalue weighted by Crippen LogP contribution is -2.58. The van der Waals surface area contributed by atoms with Gasteiger partial charge >= 0.3 is 6.09 Å². The molecule has 1 aromatic heterocycles. The number of carbonyl (C=O) groups excluding carboxylic acids is 2. The number of nitrogens with zero attached hydrogens (tertiary/aromatic N) is 5. The van der Waals surface area contributed by atoms with Crippen molar-refractivity contribution in [1.82, 2.24) is 24.3 Å². The average molecular weight is 584 g/mol. The first kappa shape index (κ1) is 29.4. The smallest absolute Gasteiger partial charge is 0.410 e. The summed E-state index contributed by atoms with van der Waals surface area (Å²) in [5.41, 5.74) is 2.95. The van der Waals surface area contributed by atoms with Crippen LogP contribution in [0.25, 0.3) is 11.3 Å². The highest BCUT2D eigenvalue weighted by Crippen LogP contribution is 2.35. The molecule has 1 unspecified atom stereocenters. The summed E-state index contributed by atoms with van der Waals surface area (Å²) in [7, 11) is 0. The van der Waals surface area contributed by atoms with Crippen LogP contribution >= 0.6 is 0 Å².